The van der Waals surface area contributed by atoms with Gasteiger partial charge in [-0.15, -0.1) is 17.9 Å². The molecule has 0 atom stereocenters. The molecule has 2 aromatic heterocycles. The van der Waals surface area contributed by atoms with Gasteiger partial charge in [-0.2, -0.15) is 0 Å². The zero-order valence-electron chi connectivity index (χ0n) is 16.8. The maximum absolute atomic E-state index is 12.9. The zero-order chi connectivity index (χ0) is 21.4. The van der Waals surface area contributed by atoms with Crippen molar-refractivity contribution in [1.29, 1.82) is 0 Å². The van der Waals surface area contributed by atoms with Gasteiger partial charge < -0.3 is 19.4 Å². The van der Waals surface area contributed by atoms with Crippen molar-refractivity contribution in [2.75, 3.05) is 17.9 Å². The first-order valence-corrected chi connectivity index (χ1v) is 11.9. The molecule has 1 aliphatic heterocycles. The summed E-state index contributed by atoms with van der Waals surface area (Å²) in [6.45, 7) is 4.53. The predicted molar refractivity (Wildman–Crippen MR) is 122 cm³/mol. The maximum atomic E-state index is 12.9. The average molecular weight is 456 g/mol. The summed E-state index contributed by atoms with van der Waals surface area (Å²) in [5.41, 5.74) is 2.99. The van der Waals surface area contributed by atoms with Crippen molar-refractivity contribution >= 4 is 50.2 Å². The van der Waals surface area contributed by atoms with Crippen LogP contribution in [0.15, 0.2) is 30.9 Å². The van der Waals surface area contributed by atoms with E-state index in [-0.39, 0.29) is 23.6 Å². The Balaban J connectivity index is 1.29. The molecule has 0 fully saturated rings. The molecule has 3 heterocycles. The van der Waals surface area contributed by atoms with Crippen molar-refractivity contribution in [2.45, 2.75) is 32.2 Å². The number of imidazole rings is 1. The summed E-state index contributed by atoms with van der Waals surface area (Å²) in [7, 11) is 0. The number of anilines is 1. The second-order valence-electron chi connectivity index (χ2n) is 7.39. The highest BCUT2D eigenvalue weighted by Gasteiger charge is 2.25. The molecule has 3 aromatic rings. The Morgan fingerprint density at radius 3 is 2.97 bits per heavy atom. The van der Waals surface area contributed by atoms with Crippen molar-refractivity contribution < 1.29 is 19.1 Å². The van der Waals surface area contributed by atoms with Crippen LogP contribution in [-0.2, 0) is 24.2 Å². The van der Waals surface area contributed by atoms with Crippen LogP contribution in [0.1, 0.15) is 33.9 Å². The number of thioether (sulfide) groups is 1. The Hall–Kier alpha value is -2.78. The van der Waals surface area contributed by atoms with Crippen molar-refractivity contribution in [3.8, 4) is 11.5 Å². The van der Waals surface area contributed by atoms with E-state index in [0.29, 0.717) is 29.6 Å². The molecule has 1 N–H and O–H groups in total. The summed E-state index contributed by atoms with van der Waals surface area (Å²) in [4.78, 5) is 32.2. The van der Waals surface area contributed by atoms with Gasteiger partial charge in [0.15, 0.2) is 17.3 Å². The van der Waals surface area contributed by atoms with Gasteiger partial charge in [0.25, 0.3) is 5.12 Å². The highest BCUT2D eigenvalue weighted by molar-refractivity contribution is 8.14. The number of thiophene rings is 1. The van der Waals surface area contributed by atoms with Gasteiger partial charge in [0, 0.05) is 23.2 Å². The molecule has 1 amide bonds. The van der Waals surface area contributed by atoms with Crippen LogP contribution in [0, 0.1) is 0 Å². The van der Waals surface area contributed by atoms with Gasteiger partial charge in [-0.05, 0) is 43.4 Å². The highest BCUT2D eigenvalue weighted by Crippen LogP contribution is 2.37. The smallest absolute Gasteiger partial charge is 0.255 e. The topological polar surface area (TPSA) is 82.5 Å². The molecule has 9 heteroatoms. The molecule has 1 aliphatic carbocycles. The van der Waals surface area contributed by atoms with E-state index in [4.69, 9.17) is 9.47 Å². The number of hydrogen-bond acceptors (Lipinski definition) is 7. The molecule has 0 unspecified atom stereocenters. The van der Waals surface area contributed by atoms with Crippen molar-refractivity contribution in [3.05, 3.63) is 47.1 Å². The molecular weight excluding hydrogens is 434 g/mol. The lowest BCUT2D eigenvalue weighted by molar-refractivity contribution is -0.113. The molecule has 5 rings (SSSR count). The number of allylic oxidation sites excluding steroid dienone is 1. The Kier molecular flexibility index (Phi) is 5.45. The molecule has 0 spiro atoms. The molecule has 0 saturated carbocycles. The molecule has 0 bridgehead atoms. The second kappa shape index (κ2) is 8.39. The van der Waals surface area contributed by atoms with E-state index in [9.17, 15) is 9.59 Å². The van der Waals surface area contributed by atoms with E-state index in [1.807, 2.05) is 4.57 Å². The van der Waals surface area contributed by atoms with Gasteiger partial charge in [0.05, 0.1) is 11.3 Å². The first-order chi connectivity index (χ1) is 15.1. The molecule has 2 aliphatic rings. The summed E-state index contributed by atoms with van der Waals surface area (Å²) < 4.78 is 12.5. The number of aryl methyl sites for hydroxylation is 2. The van der Waals surface area contributed by atoms with Crippen molar-refractivity contribution in [3.63, 3.8) is 0 Å². The fourth-order valence-corrected chi connectivity index (χ4v) is 5.86. The number of ether oxygens (including phenoxy) is 2. The largest absolute Gasteiger partial charge is 0.454 e. The van der Waals surface area contributed by atoms with Gasteiger partial charge in [0.2, 0.25) is 12.7 Å². The van der Waals surface area contributed by atoms with E-state index in [1.165, 1.54) is 16.9 Å². The Labute approximate surface area is 187 Å². The molecule has 0 saturated heterocycles. The van der Waals surface area contributed by atoms with Crippen LogP contribution in [-0.4, -0.2) is 33.1 Å². The monoisotopic (exact) mass is 455 g/mol. The van der Waals surface area contributed by atoms with Gasteiger partial charge >= 0.3 is 0 Å². The van der Waals surface area contributed by atoms with Crippen LogP contribution < -0.4 is 14.8 Å². The average Bonchev–Trinajstić information content (AvgIpc) is 3.46. The van der Waals surface area contributed by atoms with Crippen molar-refractivity contribution in [1.82, 2.24) is 9.55 Å². The Morgan fingerprint density at radius 2 is 2.10 bits per heavy atom. The summed E-state index contributed by atoms with van der Waals surface area (Å²) in [5.74, 6) is 1.36. The van der Waals surface area contributed by atoms with Crippen LogP contribution in [0.2, 0.25) is 0 Å². The van der Waals surface area contributed by atoms with Gasteiger partial charge in [-0.3, -0.25) is 9.59 Å². The first-order valence-electron chi connectivity index (χ1n) is 10.1. The number of fused-ring (bicyclic) bond motifs is 4. The third-order valence-corrected chi connectivity index (χ3v) is 7.37. The molecule has 1 aromatic carbocycles. The molecule has 31 heavy (non-hydrogen) atoms. The summed E-state index contributed by atoms with van der Waals surface area (Å²) in [6, 6.07) is 5.20. The van der Waals surface area contributed by atoms with Crippen molar-refractivity contribution in [2.24, 2.45) is 0 Å². The number of rotatable bonds is 6. The minimum Gasteiger partial charge on any atom is -0.454 e. The summed E-state index contributed by atoms with van der Waals surface area (Å²) in [5, 5.41) is 2.58. The number of aromatic nitrogens is 2. The second-order valence-corrected chi connectivity index (χ2v) is 9.42. The van der Waals surface area contributed by atoms with Gasteiger partial charge in [0.1, 0.15) is 4.83 Å². The van der Waals surface area contributed by atoms with Crippen LogP contribution >= 0.6 is 23.1 Å². The maximum Gasteiger partial charge on any atom is 0.255 e. The van der Waals surface area contributed by atoms with E-state index < -0.39 is 0 Å². The lowest BCUT2D eigenvalue weighted by Crippen LogP contribution is -2.16. The first kappa shape index (κ1) is 20.1. The molecule has 7 nitrogen and oxygen atoms in total. The normalized spacial score (nSPS) is 14.5. The van der Waals surface area contributed by atoms with E-state index in [0.717, 1.165) is 41.4 Å². The third kappa shape index (κ3) is 3.83. The standard InChI is InChI=1S/C22H21N3O4S2/c1-2-9-25-19-14-5-3-4-6-17(14)31-21(19)24-20(25)22(27)30-11-18(26)23-13-7-8-15-16(10-13)29-12-28-15/h2,7-8,10H,1,3-6,9,11-12H2,(H,23,26). The number of carbonyl (C=O) groups is 2. The molecule has 160 valence electrons. The minimum absolute atomic E-state index is 0.0000194. The number of nitrogens with zero attached hydrogens (tertiary/aromatic N) is 2. The van der Waals surface area contributed by atoms with Crippen LogP contribution in [0.3, 0.4) is 0 Å². The number of benzene rings is 1. The van der Waals surface area contributed by atoms with E-state index in [2.05, 4.69) is 16.9 Å². The predicted octanol–water partition coefficient (Wildman–Crippen LogP) is 4.40. The zero-order valence-corrected chi connectivity index (χ0v) is 18.4. The van der Waals surface area contributed by atoms with E-state index in [1.54, 1.807) is 35.6 Å². The quantitative estimate of drug-likeness (QED) is 0.555. The lowest BCUT2D eigenvalue weighted by atomic mass is 9.99. The van der Waals surface area contributed by atoms with Gasteiger partial charge in [-0.25, -0.2) is 4.98 Å². The van der Waals surface area contributed by atoms with Crippen LogP contribution in [0.4, 0.5) is 5.69 Å². The van der Waals surface area contributed by atoms with Crippen LogP contribution in [0.25, 0.3) is 10.3 Å². The SMILES string of the molecule is C=CCn1c(C(=O)SCC(=O)Nc2ccc3c(c2)OCO3)nc2sc3c(c21)CCCC3. The van der Waals surface area contributed by atoms with Gasteiger partial charge in [-0.1, -0.05) is 17.8 Å². The fraction of sp³-hybridized carbons (Fsp3) is 0.318. The van der Waals surface area contributed by atoms with Crippen LogP contribution in [0.5, 0.6) is 11.5 Å². The highest BCUT2D eigenvalue weighted by atomic mass is 32.2. The minimum atomic E-state index is -0.266. The lowest BCUT2D eigenvalue weighted by Gasteiger charge is -2.12. The summed E-state index contributed by atoms with van der Waals surface area (Å²) in [6.07, 6.45) is 6.26. The third-order valence-electron chi connectivity index (χ3n) is 5.34. The number of nitrogens with one attached hydrogen (secondary N) is 1. The van der Waals surface area contributed by atoms with E-state index >= 15 is 0 Å². The number of carbonyl (C=O) groups excluding carboxylic acids is 2. The number of amides is 1. The Bertz CT molecular complexity index is 1200. The number of hydrogen-bond donors (Lipinski definition) is 1. The fourth-order valence-electron chi connectivity index (χ4n) is 3.98. The molecular formula is C22H21N3O4S2. The molecule has 0 radical (unpaired) electrons. The Morgan fingerprint density at radius 1 is 1.26 bits per heavy atom. The summed E-state index contributed by atoms with van der Waals surface area (Å²) >= 11 is 2.64.